The van der Waals surface area contributed by atoms with Crippen molar-refractivity contribution >= 4 is 28.9 Å². The number of nitrogens with two attached hydrogens (primary N) is 1. The molecule has 82 valence electrons. The SMILES string of the molecule is Nc1cc(F)c(-c2cccc(Cl)c2)cc1Cl. The average Bonchev–Trinajstić information content (AvgIpc) is 2.23. The molecular formula is C12H8Cl2FN. The van der Waals surface area contributed by atoms with Gasteiger partial charge in [0.15, 0.2) is 0 Å². The molecule has 2 N–H and O–H groups in total. The van der Waals surface area contributed by atoms with Gasteiger partial charge in [-0.05, 0) is 29.8 Å². The molecule has 1 nitrogen and oxygen atoms in total. The fraction of sp³-hybridized carbons (Fsp3) is 0. The predicted octanol–water partition coefficient (Wildman–Crippen LogP) is 4.38. The number of hydrogen-bond donors (Lipinski definition) is 1. The number of anilines is 1. The van der Waals surface area contributed by atoms with Crippen molar-refractivity contribution in [1.29, 1.82) is 0 Å². The molecule has 0 aromatic heterocycles. The Hall–Kier alpha value is -1.25. The van der Waals surface area contributed by atoms with E-state index in [0.717, 1.165) is 0 Å². The first-order valence-corrected chi connectivity index (χ1v) is 5.34. The number of halogens is 3. The quantitative estimate of drug-likeness (QED) is 0.752. The normalized spacial score (nSPS) is 10.4. The molecule has 0 spiro atoms. The van der Waals surface area contributed by atoms with Crippen molar-refractivity contribution in [1.82, 2.24) is 0 Å². The third-order valence-electron chi connectivity index (χ3n) is 2.22. The van der Waals surface area contributed by atoms with Crippen LogP contribution in [-0.4, -0.2) is 0 Å². The zero-order chi connectivity index (χ0) is 11.7. The van der Waals surface area contributed by atoms with Crippen LogP contribution < -0.4 is 5.73 Å². The Morgan fingerprint density at radius 3 is 2.50 bits per heavy atom. The van der Waals surface area contributed by atoms with Crippen LogP contribution in [0.1, 0.15) is 0 Å². The van der Waals surface area contributed by atoms with Gasteiger partial charge in [-0.2, -0.15) is 0 Å². The van der Waals surface area contributed by atoms with Gasteiger partial charge in [0, 0.05) is 10.6 Å². The van der Waals surface area contributed by atoms with Crippen LogP contribution in [-0.2, 0) is 0 Å². The van der Waals surface area contributed by atoms with Crippen LogP contribution in [0.5, 0.6) is 0 Å². The van der Waals surface area contributed by atoms with Crippen LogP contribution in [0.15, 0.2) is 36.4 Å². The Morgan fingerprint density at radius 2 is 1.81 bits per heavy atom. The second-order valence-electron chi connectivity index (χ2n) is 3.36. The van der Waals surface area contributed by atoms with E-state index in [1.54, 1.807) is 24.3 Å². The molecule has 2 rings (SSSR count). The van der Waals surface area contributed by atoms with Gasteiger partial charge >= 0.3 is 0 Å². The second kappa shape index (κ2) is 4.32. The average molecular weight is 256 g/mol. The third kappa shape index (κ3) is 2.13. The Morgan fingerprint density at radius 1 is 1.06 bits per heavy atom. The molecule has 2 aromatic carbocycles. The lowest BCUT2D eigenvalue weighted by Crippen LogP contribution is -1.91. The first kappa shape index (κ1) is 11.2. The lowest BCUT2D eigenvalue weighted by molar-refractivity contribution is 0.632. The first-order valence-electron chi connectivity index (χ1n) is 4.58. The van der Waals surface area contributed by atoms with Crippen LogP contribution in [0.25, 0.3) is 11.1 Å². The van der Waals surface area contributed by atoms with Gasteiger partial charge in [-0.3, -0.25) is 0 Å². The van der Waals surface area contributed by atoms with Crippen molar-refractivity contribution in [2.45, 2.75) is 0 Å². The van der Waals surface area contributed by atoms with Crippen LogP contribution in [0.2, 0.25) is 10.0 Å². The summed E-state index contributed by atoms with van der Waals surface area (Å²) in [4.78, 5) is 0. The van der Waals surface area contributed by atoms with Crippen LogP contribution in [0.3, 0.4) is 0 Å². The maximum Gasteiger partial charge on any atom is 0.133 e. The van der Waals surface area contributed by atoms with Crippen LogP contribution in [0, 0.1) is 5.82 Å². The lowest BCUT2D eigenvalue weighted by atomic mass is 10.0. The summed E-state index contributed by atoms with van der Waals surface area (Å²) in [6.07, 6.45) is 0. The van der Waals surface area contributed by atoms with Crippen molar-refractivity contribution < 1.29 is 4.39 Å². The zero-order valence-corrected chi connectivity index (χ0v) is 9.69. The first-order chi connectivity index (χ1) is 7.58. The smallest absolute Gasteiger partial charge is 0.133 e. The van der Waals surface area contributed by atoms with E-state index >= 15 is 0 Å². The highest BCUT2D eigenvalue weighted by molar-refractivity contribution is 6.33. The van der Waals surface area contributed by atoms with E-state index in [1.807, 2.05) is 0 Å². The van der Waals surface area contributed by atoms with Crippen molar-refractivity contribution in [3.8, 4) is 11.1 Å². The van der Waals surface area contributed by atoms with E-state index in [4.69, 9.17) is 28.9 Å². The van der Waals surface area contributed by atoms with Gasteiger partial charge in [-0.1, -0.05) is 35.3 Å². The van der Waals surface area contributed by atoms with E-state index < -0.39 is 5.82 Å². The summed E-state index contributed by atoms with van der Waals surface area (Å²) in [6.45, 7) is 0. The van der Waals surface area contributed by atoms with Crippen LogP contribution >= 0.6 is 23.2 Å². The molecule has 0 bridgehead atoms. The second-order valence-corrected chi connectivity index (χ2v) is 4.21. The number of benzene rings is 2. The highest BCUT2D eigenvalue weighted by Gasteiger charge is 2.08. The summed E-state index contributed by atoms with van der Waals surface area (Å²) in [7, 11) is 0. The molecule has 0 heterocycles. The minimum Gasteiger partial charge on any atom is -0.397 e. The fourth-order valence-corrected chi connectivity index (χ4v) is 1.79. The third-order valence-corrected chi connectivity index (χ3v) is 2.78. The van der Waals surface area contributed by atoms with Crippen molar-refractivity contribution in [3.05, 3.63) is 52.3 Å². The highest BCUT2D eigenvalue weighted by atomic mass is 35.5. The zero-order valence-electron chi connectivity index (χ0n) is 8.18. The molecule has 0 saturated heterocycles. The maximum atomic E-state index is 13.7. The Labute approximate surface area is 103 Å². The standard InChI is InChI=1S/C12H8Cl2FN/c13-8-3-1-2-7(4-8)9-5-10(14)12(16)6-11(9)15/h1-6H,16H2. The molecule has 16 heavy (non-hydrogen) atoms. The molecule has 0 saturated carbocycles. The minimum absolute atomic E-state index is 0.227. The van der Waals surface area contributed by atoms with E-state index in [0.29, 0.717) is 21.2 Å². The lowest BCUT2D eigenvalue weighted by Gasteiger charge is -2.06. The molecule has 4 heteroatoms. The van der Waals surface area contributed by atoms with Gasteiger partial charge in [0.25, 0.3) is 0 Å². The van der Waals surface area contributed by atoms with Gasteiger partial charge in [0.2, 0.25) is 0 Å². The molecule has 0 unspecified atom stereocenters. The molecule has 0 atom stereocenters. The van der Waals surface area contributed by atoms with Crippen molar-refractivity contribution in [3.63, 3.8) is 0 Å². The molecule has 0 aliphatic rings. The summed E-state index contributed by atoms with van der Waals surface area (Å²) >= 11 is 11.7. The molecule has 0 amide bonds. The highest BCUT2D eigenvalue weighted by Crippen LogP contribution is 2.31. The summed E-state index contributed by atoms with van der Waals surface area (Å²) < 4.78 is 13.7. The van der Waals surface area contributed by atoms with Crippen LogP contribution in [0.4, 0.5) is 10.1 Å². The van der Waals surface area contributed by atoms with E-state index in [2.05, 4.69) is 0 Å². The number of rotatable bonds is 1. The Balaban J connectivity index is 2.60. The minimum atomic E-state index is -0.413. The molecule has 0 radical (unpaired) electrons. The van der Waals surface area contributed by atoms with E-state index in [9.17, 15) is 4.39 Å². The van der Waals surface area contributed by atoms with Crippen molar-refractivity contribution in [2.75, 3.05) is 5.73 Å². The summed E-state index contributed by atoms with van der Waals surface area (Å²) in [5.41, 5.74) is 6.79. The summed E-state index contributed by atoms with van der Waals surface area (Å²) in [5.74, 6) is -0.413. The molecule has 0 fully saturated rings. The predicted molar refractivity (Wildman–Crippen MR) is 66.3 cm³/mol. The van der Waals surface area contributed by atoms with Gasteiger partial charge in [0.1, 0.15) is 5.82 Å². The molecule has 2 aromatic rings. The monoisotopic (exact) mass is 255 g/mol. The maximum absolute atomic E-state index is 13.7. The fourth-order valence-electron chi connectivity index (χ4n) is 1.44. The molecule has 0 aliphatic carbocycles. The Bertz CT molecular complexity index is 541. The van der Waals surface area contributed by atoms with Gasteiger partial charge in [-0.15, -0.1) is 0 Å². The van der Waals surface area contributed by atoms with Gasteiger partial charge in [-0.25, -0.2) is 4.39 Å². The van der Waals surface area contributed by atoms with Crippen molar-refractivity contribution in [2.24, 2.45) is 0 Å². The number of hydrogen-bond acceptors (Lipinski definition) is 1. The van der Waals surface area contributed by atoms with E-state index in [1.165, 1.54) is 12.1 Å². The molecular weight excluding hydrogens is 248 g/mol. The van der Waals surface area contributed by atoms with E-state index in [-0.39, 0.29) is 5.69 Å². The Kier molecular flexibility index (Phi) is 3.03. The van der Waals surface area contributed by atoms with Gasteiger partial charge < -0.3 is 5.73 Å². The van der Waals surface area contributed by atoms with Gasteiger partial charge in [0.05, 0.1) is 10.7 Å². The summed E-state index contributed by atoms with van der Waals surface area (Å²) in [5, 5.41) is 0.876. The summed E-state index contributed by atoms with van der Waals surface area (Å²) in [6, 6.07) is 9.61. The number of nitrogen functional groups attached to an aromatic ring is 1. The largest absolute Gasteiger partial charge is 0.397 e. The topological polar surface area (TPSA) is 26.0 Å². The molecule has 0 aliphatic heterocycles.